The molecule has 0 bridgehead atoms. The summed E-state index contributed by atoms with van der Waals surface area (Å²) in [5, 5.41) is 12.4. The van der Waals surface area contributed by atoms with Gasteiger partial charge in [-0.15, -0.1) is 11.3 Å². The second-order valence-electron chi connectivity index (χ2n) is 7.65. The predicted molar refractivity (Wildman–Crippen MR) is 132 cm³/mol. The van der Waals surface area contributed by atoms with Gasteiger partial charge in [0.15, 0.2) is 17.2 Å². The average molecular weight is 467 g/mol. The highest BCUT2D eigenvalue weighted by Crippen LogP contribution is 2.32. The number of nitrogens with zero attached hydrogens (tertiary/aromatic N) is 5. The minimum Gasteiger partial charge on any atom is -0.325 e. The number of thiophene rings is 1. The Labute approximate surface area is 197 Å². The van der Waals surface area contributed by atoms with Crippen LogP contribution in [0.2, 0.25) is 0 Å². The number of pyridine rings is 3. The summed E-state index contributed by atoms with van der Waals surface area (Å²) in [6.07, 6.45) is 5.50. The van der Waals surface area contributed by atoms with Crippen molar-refractivity contribution in [2.24, 2.45) is 0 Å². The van der Waals surface area contributed by atoms with Gasteiger partial charge in [-0.2, -0.15) is 5.10 Å². The van der Waals surface area contributed by atoms with Crippen molar-refractivity contribution in [1.82, 2.24) is 35.1 Å². The molecule has 0 aliphatic rings. The molecular formula is C24H18N8OS. The molecule has 6 rings (SSSR count). The van der Waals surface area contributed by atoms with Crippen LogP contribution in [0.3, 0.4) is 0 Å². The van der Waals surface area contributed by atoms with Crippen molar-refractivity contribution in [3.05, 3.63) is 60.4 Å². The number of aromatic amines is 2. The lowest BCUT2D eigenvalue weighted by atomic mass is 10.1. The van der Waals surface area contributed by atoms with Gasteiger partial charge in [-0.1, -0.05) is 13.0 Å². The van der Waals surface area contributed by atoms with Gasteiger partial charge in [0.1, 0.15) is 11.0 Å². The van der Waals surface area contributed by atoms with E-state index in [9.17, 15) is 4.79 Å². The first-order chi connectivity index (χ1) is 16.7. The van der Waals surface area contributed by atoms with Crippen molar-refractivity contribution in [3.8, 4) is 33.2 Å². The van der Waals surface area contributed by atoms with Crippen molar-refractivity contribution < 1.29 is 4.79 Å². The first kappa shape index (κ1) is 20.2. The van der Waals surface area contributed by atoms with E-state index in [4.69, 9.17) is 9.97 Å². The van der Waals surface area contributed by atoms with Crippen LogP contribution in [0.4, 0.5) is 5.69 Å². The molecule has 10 heteroatoms. The normalized spacial score (nSPS) is 11.3. The molecule has 6 aromatic rings. The van der Waals surface area contributed by atoms with Gasteiger partial charge in [-0.3, -0.25) is 14.9 Å². The highest BCUT2D eigenvalue weighted by Gasteiger charge is 2.17. The third kappa shape index (κ3) is 3.50. The summed E-state index contributed by atoms with van der Waals surface area (Å²) in [6, 6.07) is 11.7. The van der Waals surface area contributed by atoms with Crippen LogP contribution in [-0.4, -0.2) is 41.0 Å². The Morgan fingerprint density at radius 3 is 2.91 bits per heavy atom. The van der Waals surface area contributed by atoms with Crippen LogP contribution in [0.15, 0.2) is 60.4 Å². The molecule has 0 aliphatic carbocycles. The van der Waals surface area contributed by atoms with E-state index in [2.05, 4.69) is 36.5 Å². The Hall–Kier alpha value is -4.44. The van der Waals surface area contributed by atoms with Gasteiger partial charge in [-0.05, 0) is 35.7 Å². The Morgan fingerprint density at radius 2 is 2.06 bits per heavy atom. The van der Waals surface area contributed by atoms with Gasteiger partial charge in [0, 0.05) is 34.8 Å². The van der Waals surface area contributed by atoms with Gasteiger partial charge in [-0.25, -0.2) is 15.0 Å². The smallest absolute Gasteiger partial charge is 0.224 e. The maximum Gasteiger partial charge on any atom is 0.224 e. The number of H-pyrrole nitrogens is 2. The second kappa shape index (κ2) is 8.16. The molecule has 0 unspecified atom stereocenters. The number of imidazole rings is 1. The second-order valence-corrected chi connectivity index (χ2v) is 8.60. The first-order valence-electron chi connectivity index (χ1n) is 10.7. The monoisotopic (exact) mass is 466 g/mol. The highest BCUT2D eigenvalue weighted by molar-refractivity contribution is 7.13. The Balaban J connectivity index is 1.43. The number of hydrogen-bond acceptors (Lipinski definition) is 7. The van der Waals surface area contributed by atoms with Crippen LogP contribution >= 0.6 is 11.3 Å². The van der Waals surface area contributed by atoms with Crippen LogP contribution < -0.4 is 5.32 Å². The molecule has 0 aromatic carbocycles. The zero-order valence-corrected chi connectivity index (χ0v) is 18.8. The molecule has 34 heavy (non-hydrogen) atoms. The Morgan fingerprint density at radius 1 is 1.12 bits per heavy atom. The van der Waals surface area contributed by atoms with Crippen LogP contribution in [0, 0.1) is 0 Å². The van der Waals surface area contributed by atoms with E-state index in [-0.39, 0.29) is 5.91 Å². The molecule has 0 radical (unpaired) electrons. The van der Waals surface area contributed by atoms with Crippen molar-refractivity contribution in [2.75, 3.05) is 5.32 Å². The number of amides is 1. The number of hydrogen-bond donors (Lipinski definition) is 3. The fourth-order valence-corrected chi connectivity index (χ4v) is 4.53. The SMILES string of the molecule is CCC(=O)Nc1cncc(-c2ccc3[nH]nc(-c4nc5c(-c6cccs6)ccnc5[nH]4)c3n2)c1. The van der Waals surface area contributed by atoms with E-state index in [1.807, 2.05) is 35.7 Å². The van der Waals surface area contributed by atoms with Crippen LogP contribution in [0.1, 0.15) is 13.3 Å². The van der Waals surface area contributed by atoms with Gasteiger partial charge in [0.05, 0.1) is 23.1 Å². The van der Waals surface area contributed by atoms with Crippen molar-refractivity contribution in [3.63, 3.8) is 0 Å². The Bertz CT molecular complexity index is 1650. The minimum absolute atomic E-state index is 0.0695. The van der Waals surface area contributed by atoms with Crippen LogP contribution in [-0.2, 0) is 4.79 Å². The zero-order chi connectivity index (χ0) is 23.1. The van der Waals surface area contributed by atoms with Gasteiger partial charge in [0.25, 0.3) is 0 Å². The van der Waals surface area contributed by atoms with Crippen LogP contribution in [0.5, 0.6) is 0 Å². The minimum atomic E-state index is -0.0695. The molecular weight excluding hydrogens is 448 g/mol. The molecule has 0 spiro atoms. The highest BCUT2D eigenvalue weighted by atomic mass is 32.1. The lowest BCUT2D eigenvalue weighted by molar-refractivity contribution is -0.115. The molecule has 3 N–H and O–H groups in total. The average Bonchev–Trinajstić information content (AvgIpc) is 3.62. The molecule has 6 aromatic heterocycles. The molecule has 6 heterocycles. The molecule has 0 fully saturated rings. The number of carbonyl (C=O) groups is 1. The van der Waals surface area contributed by atoms with E-state index in [1.165, 1.54) is 0 Å². The summed E-state index contributed by atoms with van der Waals surface area (Å²) in [5.41, 5.74) is 6.70. The predicted octanol–water partition coefficient (Wildman–Crippen LogP) is 5.04. The third-order valence-electron chi connectivity index (χ3n) is 5.44. The van der Waals surface area contributed by atoms with E-state index in [0.29, 0.717) is 40.5 Å². The third-order valence-corrected chi connectivity index (χ3v) is 6.35. The Kier molecular flexibility index (Phi) is 4.84. The first-order valence-corrected chi connectivity index (χ1v) is 11.6. The summed E-state index contributed by atoms with van der Waals surface area (Å²) in [7, 11) is 0. The summed E-state index contributed by atoms with van der Waals surface area (Å²) < 4.78 is 0. The topological polar surface area (TPSA) is 125 Å². The van der Waals surface area contributed by atoms with E-state index in [0.717, 1.165) is 27.0 Å². The van der Waals surface area contributed by atoms with E-state index in [1.54, 1.807) is 36.9 Å². The molecule has 166 valence electrons. The molecule has 0 saturated carbocycles. The molecule has 0 aliphatic heterocycles. The number of carbonyl (C=O) groups excluding carboxylic acids is 1. The molecule has 0 atom stereocenters. The summed E-state index contributed by atoms with van der Waals surface area (Å²) in [5.74, 6) is 0.518. The summed E-state index contributed by atoms with van der Waals surface area (Å²) in [6.45, 7) is 1.81. The number of anilines is 1. The quantitative estimate of drug-likeness (QED) is 0.327. The number of nitrogens with one attached hydrogen (secondary N) is 3. The zero-order valence-electron chi connectivity index (χ0n) is 18.0. The summed E-state index contributed by atoms with van der Waals surface area (Å²) in [4.78, 5) is 34.6. The van der Waals surface area contributed by atoms with Crippen molar-refractivity contribution >= 4 is 45.1 Å². The lowest BCUT2D eigenvalue weighted by Crippen LogP contribution is -2.09. The fraction of sp³-hybridized carbons (Fsp3) is 0.0833. The number of fused-ring (bicyclic) bond motifs is 2. The maximum atomic E-state index is 11.8. The molecule has 0 saturated heterocycles. The van der Waals surface area contributed by atoms with Gasteiger partial charge in [0.2, 0.25) is 5.91 Å². The van der Waals surface area contributed by atoms with Gasteiger partial charge < -0.3 is 10.3 Å². The maximum absolute atomic E-state index is 11.8. The van der Waals surface area contributed by atoms with Gasteiger partial charge >= 0.3 is 0 Å². The van der Waals surface area contributed by atoms with Crippen molar-refractivity contribution in [2.45, 2.75) is 13.3 Å². The molecule has 9 nitrogen and oxygen atoms in total. The standard InChI is InChI=1S/C24H18N8OS/c1-2-19(33)27-14-10-13(11-25-12-14)16-5-6-17-21(28-16)22(32-31-17)24-29-20-15(18-4-3-9-34-18)7-8-26-23(20)30-24/h3-12H,2H2,1H3,(H,27,33)(H,31,32)(H,26,29,30). The number of aromatic nitrogens is 7. The van der Waals surface area contributed by atoms with E-state index < -0.39 is 0 Å². The summed E-state index contributed by atoms with van der Waals surface area (Å²) >= 11 is 1.66. The fourth-order valence-electron chi connectivity index (χ4n) is 3.78. The number of rotatable bonds is 5. The largest absolute Gasteiger partial charge is 0.325 e. The lowest BCUT2D eigenvalue weighted by Gasteiger charge is -2.06. The van der Waals surface area contributed by atoms with Crippen molar-refractivity contribution in [1.29, 1.82) is 0 Å². The molecule has 1 amide bonds. The van der Waals surface area contributed by atoms with E-state index >= 15 is 0 Å². The van der Waals surface area contributed by atoms with Crippen LogP contribution in [0.25, 0.3) is 55.4 Å².